The van der Waals surface area contributed by atoms with Crippen molar-refractivity contribution < 1.29 is 4.79 Å². The van der Waals surface area contributed by atoms with Crippen LogP contribution in [0, 0.1) is 12.3 Å². The van der Waals surface area contributed by atoms with Crippen LogP contribution in [-0.2, 0) is 4.79 Å². The highest BCUT2D eigenvalue weighted by atomic mass is 31.1. The molecular weight excluding hydrogens is 335 g/mol. The van der Waals surface area contributed by atoms with Crippen LogP contribution in [0.25, 0.3) is 21.9 Å². The largest absolute Gasteiger partial charge is 0.299 e. The van der Waals surface area contributed by atoms with Crippen LogP contribution in [0.3, 0.4) is 0 Å². The second-order valence-electron chi connectivity index (χ2n) is 7.18. The summed E-state index contributed by atoms with van der Waals surface area (Å²) in [5.41, 5.74) is 2.50. The zero-order valence-electron chi connectivity index (χ0n) is 15.3. The molecule has 1 nitrogen and oxygen atoms in total. The molecule has 0 N–H and O–H groups in total. The molecular formula is C24H23OP. The molecule has 0 radical (unpaired) electrons. The average molecular weight is 358 g/mol. The van der Waals surface area contributed by atoms with Gasteiger partial charge in [0, 0.05) is 6.42 Å². The fourth-order valence-electron chi connectivity index (χ4n) is 3.37. The molecule has 0 bridgehead atoms. The van der Waals surface area contributed by atoms with Gasteiger partial charge in [0.2, 0.25) is 0 Å². The van der Waals surface area contributed by atoms with Crippen molar-refractivity contribution >= 4 is 30.4 Å². The molecule has 0 aromatic heterocycles. The van der Waals surface area contributed by atoms with Crippen LogP contribution in [0.1, 0.15) is 26.7 Å². The zero-order valence-corrected chi connectivity index (χ0v) is 16.3. The maximum atomic E-state index is 12.0. The van der Waals surface area contributed by atoms with Crippen molar-refractivity contribution in [3.8, 4) is 23.5 Å². The van der Waals surface area contributed by atoms with Gasteiger partial charge in [-0.1, -0.05) is 95.1 Å². The number of benzene rings is 3. The highest BCUT2D eigenvalue weighted by Gasteiger charge is 2.23. The Morgan fingerprint density at radius 1 is 0.962 bits per heavy atom. The predicted octanol–water partition coefficient (Wildman–Crippen LogP) is 5.57. The van der Waals surface area contributed by atoms with Crippen LogP contribution < -0.4 is 5.30 Å². The van der Waals surface area contributed by atoms with E-state index in [1.807, 2.05) is 0 Å². The van der Waals surface area contributed by atoms with Crippen molar-refractivity contribution in [3.63, 3.8) is 0 Å². The minimum absolute atomic E-state index is 0.103. The van der Waals surface area contributed by atoms with Crippen LogP contribution in [0.15, 0.2) is 66.7 Å². The molecule has 0 saturated carbocycles. The molecule has 0 fully saturated rings. The molecule has 130 valence electrons. The number of hydrogen-bond donors (Lipinski definition) is 0. The highest BCUT2D eigenvalue weighted by molar-refractivity contribution is 7.49. The first kappa shape index (κ1) is 18.4. The third kappa shape index (κ3) is 4.21. The van der Waals surface area contributed by atoms with Crippen molar-refractivity contribution in [2.24, 2.45) is 0 Å². The smallest absolute Gasteiger partial charge is 0.145 e. The molecule has 26 heavy (non-hydrogen) atoms. The lowest BCUT2D eigenvalue weighted by Crippen LogP contribution is -2.22. The number of fused-ring (bicyclic) bond motifs is 1. The minimum Gasteiger partial charge on any atom is -0.299 e. The summed E-state index contributed by atoms with van der Waals surface area (Å²) in [6, 6.07) is 23.4. The second-order valence-corrected chi connectivity index (χ2v) is 9.32. The standard InChI is InChI=1S/C24H23OP/c1-4-10-19(25)17-24(2,3)26-23-16-8-7-14-22(23)21-15-9-12-18-11-5-6-13-20(18)21/h1,5-9,11-16,26H,10,17H2,2-3H3. The van der Waals surface area contributed by atoms with Gasteiger partial charge in [-0.2, -0.15) is 0 Å². The summed E-state index contributed by atoms with van der Waals surface area (Å²) in [6.45, 7) is 4.31. The fraction of sp³-hybridized carbons (Fsp3) is 0.208. The predicted molar refractivity (Wildman–Crippen MR) is 114 cm³/mol. The normalized spacial score (nSPS) is 11.7. The molecule has 0 aliphatic carbocycles. The Bertz CT molecular complexity index is 973. The SMILES string of the molecule is C#CCC(=O)CC(C)(C)Pc1ccccc1-c1cccc2ccccc12. The summed E-state index contributed by atoms with van der Waals surface area (Å²) in [5.74, 6) is 2.61. The Labute approximate surface area is 157 Å². The lowest BCUT2D eigenvalue weighted by atomic mass is 9.98. The first-order valence-electron chi connectivity index (χ1n) is 8.81. The van der Waals surface area contributed by atoms with Crippen LogP contribution >= 0.6 is 8.58 Å². The molecule has 1 unspecified atom stereocenters. The van der Waals surface area contributed by atoms with E-state index in [1.165, 1.54) is 27.2 Å². The van der Waals surface area contributed by atoms with Crippen molar-refractivity contribution in [3.05, 3.63) is 66.7 Å². The van der Waals surface area contributed by atoms with Gasteiger partial charge in [0.25, 0.3) is 0 Å². The van der Waals surface area contributed by atoms with E-state index in [0.29, 0.717) is 15.0 Å². The number of rotatable bonds is 6. The van der Waals surface area contributed by atoms with Gasteiger partial charge in [-0.15, -0.1) is 6.42 Å². The fourth-order valence-corrected chi connectivity index (χ4v) is 4.91. The van der Waals surface area contributed by atoms with Gasteiger partial charge in [-0.05, 0) is 32.4 Å². The van der Waals surface area contributed by atoms with Gasteiger partial charge in [0.1, 0.15) is 5.78 Å². The van der Waals surface area contributed by atoms with Crippen molar-refractivity contribution in [1.82, 2.24) is 0 Å². The molecule has 0 amide bonds. The van der Waals surface area contributed by atoms with E-state index in [0.717, 1.165) is 0 Å². The Morgan fingerprint density at radius 3 is 2.42 bits per heavy atom. The number of hydrogen-bond acceptors (Lipinski definition) is 1. The van der Waals surface area contributed by atoms with Crippen LogP contribution in [-0.4, -0.2) is 10.9 Å². The maximum Gasteiger partial charge on any atom is 0.145 e. The Morgan fingerprint density at radius 2 is 1.62 bits per heavy atom. The summed E-state index contributed by atoms with van der Waals surface area (Å²) in [5, 5.41) is 3.69. The molecule has 3 aromatic rings. The molecule has 2 heteroatoms. The Hall–Kier alpha value is -2.42. The van der Waals surface area contributed by atoms with E-state index in [4.69, 9.17) is 6.42 Å². The second kappa shape index (κ2) is 7.86. The van der Waals surface area contributed by atoms with Crippen LogP contribution in [0.2, 0.25) is 0 Å². The average Bonchev–Trinajstić information content (AvgIpc) is 2.61. The van der Waals surface area contributed by atoms with Crippen LogP contribution in [0.5, 0.6) is 0 Å². The summed E-state index contributed by atoms with van der Waals surface area (Å²) in [6.07, 6.45) is 6.02. The van der Waals surface area contributed by atoms with Gasteiger partial charge in [-0.25, -0.2) is 0 Å². The lowest BCUT2D eigenvalue weighted by molar-refractivity contribution is -0.118. The van der Waals surface area contributed by atoms with Crippen LogP contribution in [0.4, 0.5) is 0 Å². The summed E-state index contributed by atoms with van der Waals surface area (Å²) >= 11 is 0. The number of terminal acetylenes is 1. The monoisotopic (exact) mass is 358 g/mol. The highest BCUT2D eigenvalue weighted by Crippen LogP contribution is 2.38. The minimum atomic E-state index is -0.103. The van der Waals surface area contributed by atoms with Gasteiger partial charge in [0.15, 0.2) is 0 Å². The molecule has 0 spiro atoms. The summed E-state index contributed by atoms with van der Waals surface area (Å²) < 4.78 is 0. The molecule has 0 heterocycles. The third-order valence-corrected chi connectivity index (χ3v) is 5.98. The molecule has 0 aliphatic rings. The van der Waals surface area contributed by atoms with Gasteiger partial charge in [-0.3, -0.25) is 4.79 Å². The number of carbonyl (C=O) groups excluding carboxylic acids is 1. The molecule has 3 aromatic carbocycles. The van der Waals surface area contributed by atoms with Gasteiger partial charge >= 0.3 is 0 Å². The Kier molecular flexibility index (Phi) is 5.55. The zero-order chi connectivity index (χ0) is 18.6. The first-order chi connectivity index (χ1) is 12.5. The van der Waals surface area contributed by atoms with E-state index >= 15 is 0 Å². The maximum absolute atomic E-state index is 12.0. The topological polar surface area (TPSA) is 17.1 Å². The van der Waals surface area contributed by atoms with Gasteiger partial charge < -0.3 is 0 Å². The molecule has 3 rings (SSSR count). The van der Waals surface area contributed by atoms with Crippen molar-refractivity contribution in [1.29, 1.82) is 0 Å². The Balaban J connectivity index is 1.99. The van der Waals surface area contributed by atoms with Crippen molar-refractivity contribution in [2.45, 2.75) is 31.8 Å². The van der Waals surface area contributed by atoms with E-state index in [9.17, 15) is 4.79 Å². The number of carbonyl (C=O) groups is 1. The first-order valence-corrected chi connectivity index (χ1v) is 9.81. The van der Waals surface area contributed by atoms with E-state index in [-0.39, 0.29) is 17.4 Å². The quantitative estimate of drug-likeness (QED) is 0.416. The summed E-state index contributed by atoms with van der Waals surface area (Å²) in [7, 11) is 0.534. The lowest BCUT2D eigenvalue weighted by Gasteiger charge is -2.25. The molecule has 0 aliphatic heterocycles. The molecule has 0 saturated heterocycles. The third-order valence-electron chi connectivity index (χ3n) is 4.42. The van der Waals surface area contributed by atoms with E-state index in [2.05, 4.69) is 86.5 Å². The number of Topliss-reactive ketones (excluding diaryl/α,β-unsaturated/α-hetero) is 1. The number of ketones is 1. The van der Waals surface area contributed by atoms with Crippen molar-refractivity contribution in [2.75, 3.05) is 0 Å². The van der Waals surface area contributed by atoms with E-state index < -0.39 is 0 Å². The van der Waals surface area contributed by atoms with Gasteiger partial charge in [0.05, 0.1) is 6.42 Å². The van der Waals surface area contributed by atoms with E-state index in [1.54, 1.807) is 0 Å². The summed E-state index contributed by atoms with van der Waals surface area (Å²) in [4.78, 5) is 12.0. The molecule has 1 atom stereocenters.